The van der Waals surface area contributed by atoms with E-state index in [9.17, 15) is 10.00 Å². The van der Waals surface area contributed by atoms with Crippen LogP contribution in [0.5, 0.6) is 0 Å². The average Bonchev–Trinajstić information content (AvgIpc) is 3.04. The second kappa shape index (κ2) is 10.6. The van der Waals surface area contributed by atoms with Crippen molar-refractivity contribution in [3.63, 3.8) is 0 Å². The minimum absolute atomic E-state index is 0.00475. The van der Waals surface area contributed by atoms with E-state index in [1.807, 2.05) is 34.6 Å². The van der Waals surface area contributed by atoms with Crippen molar-refractivity contribution in [2.24, 2.45) is 0 Å². The normalized spacial score (nSPS) is 38.4. The fraction of sp³-hybridized carbons (Fsp3) is 1.00. The summed E-state index contributed by atoms with van der Waals surface area (Å²) >= 11 is 5.17. The van der Waals surface area contributed by atoms with Gasteiger partial charge in [0.1, 0.15) is 24.4 Å². The Hall–Kier alpha value is 0.330. The van der Waals surface area contributed by atoms with Crippen molar-refractivity contribution >= 4 is 18.5 Å². The van der Waals surface area contributed by atoms with Crippen LogP contribution < -0.4 is 0 Å². The fourth-order valence-corrected chi connectivity index (χ4v) is 4.83. The molecule has 0 aromatic heterocycles. The van der Waals surface area contributed by atoms with Gasteiger partial charge in [0.05, 0.1) is 43.7 Å². The number of ether oxygens (including phenoxy) is 4. The quantitative estimate of drug-likeness (QED) is 0.493. The summed E-state index contributed by atoms with van der Waals surface area (Å²) in [4.78, 5) is 10.5. The maximum Gasteiger partial charge on any atom is 0.325 e. The maximum absolute atomic E-state index is 10.5. The van der Waals surface area contributed by atoms with Crippen LogP contribution in [0.4, 0.5) is 0 Å². The molecule has 10 heteroatoms. The number of hydrogen-bond donors (Lipinski definition) is 2. The van der Waals surface area contributed by atoms with Gasteiger partial charge < -0.3 is 33.5 Å². The highest BCUT2D eigenvalue weighted by Crippen LogP contribution is 2.48. The van der Waals surface area contributed by atoms with Crippen LogP contribution in [-0.2, 0) is 39.8 Å². The monoisotopic (exact) mass is 442 g/mol. The second-order valence-corrected chi connectivity index (χ2v) is 10.8. The van der Waals surface area contributed by atoms with Crippen molar-refractivity contribution in [3.8, 4) is 0 Å². The van der Waals surface area contributed by atoms with Crippen molar-refractivity contribution in [1.82, 2.24) is 0 Å². The summed E-state index contributed by atoms with van der Waals surface area (Å²) in [6.45, 7) is 8.10. The molecule has 166 valence electrons. The summed E-state index contributed by atoms with van der Waals surface area (Å²) in [6, 6.07) is 0. The lowest BCUT2D eigenvalue weighted by atomic mass is 10.1. The van der Waals surface area contributed by atoms with E-state index in [4.69, 9.17) is 39.8 Å². The molecule has 0 aromatic rings. The Morgan fingerprint density at radius 3 is 2.36 bits per heavy atom. The molecular formula is C18H35O8PS. The minimum Gasteiger partial charge on any atom is -0.388 e. The van der Waals surface area contributed by atoms with Crippen LogP contribution in [0.1, 0.15) is 48.0 Å². The average molecular weight is 443 g/mol. The van der Waals surface area contributed by atoms with E-state index in [-0.39, 0.29) is 43.7 Å². The zero-order valence-corrected chi connectivity index (χ0v) is 19.2. The molecule has 2 saturated heterocycles. The highest BCUT2D eigenvalue weighted by molar-refractivity contribution is 8.07. The van der Waals surface area contributed by atoms with E-state index in [1.165, 1.54) is 0 Å². The van der Waals surface area contributed by atoms with Gasteiger partial charge in [-0.1, -0.05) is 0 Å². The Balaban J connectivity index is 1.93. The van der Waals surface area contributed by atoms with Gasteiger partial charge in [-0.2, -0.15) is 0 Å². The minimum atomic E-state index is -3.62. The SMILES string of the molecule is CC(C)OC[C@H]1O[C@@H](C)C(O)[C@H]1OP(O)(=S)OC[C@H]1O[C@@H](C)C[C@H]1OC(C)C. The van der Waals surface area contributed by atoms with Crippen LogP contribution in [0.25, 0.3) is 0 Å². The fourth-order valence-electron chi connectivity index (χ4n) is 3.38. The predicted octanol–water partition coefficient (Wildman–Crippen LogP) is 2.15. The molecule has 0 aromatic carbocycles. The lowest BCUT2D eigenvalue weighted by Gasteiger charge is -2.27. The molecule has 2 N–H and O–H groups in total. The van der Waals surface area contributed by atoms with Crippen LogP contribution >= 0.6 is 6.72 Å². The topological polar surface area (TPSA) is 95.8 Å². The van der Waals surface area contributed by atoms with Crippen molar-refractivity contribution in [3.05, 3.63) is 0 Å². The molecule has 0 aliphatic carbocycles. The molecule has 2 aliphatic heterocycles. The molecule has 8 atom stereocenters. The van der Waals surface area contributed by atoms with Crippen molar-refractivity contribution < 1.29 is 38.0 Å². The van der Waals surface area contributed by atoms with Gasteiger partial charge in [0.25, 0.3) is 0 Å². The van der Waals surface area contributed by atoms with Gasteiger partial charge >= 0.3 is 6.72 Å². The number of aliphatic hydroxyl groups excluding tert-OH is 1. The van der Waals surface area contributed by atoms with Crippen molar-refractivity contribution in [2.75, 3.05) is 13.2 Å². The van der Waals surface area contributed by atoms with Crippen LogP contribution in [0.3, 0.4) is 0 Å². The third kappa shape index (κ3) is 7.23. The molecule has 8 nitrogen and oxygen atoms in total. The number of hydrogen-bond acceptors (Lipinski definition) is 8. The summed E-state index contributed by atoms with van der Waals surface area (Å²) < 4.78 is 34.1. The summed E-state index contributed by atoms with van der Waals surface area (Å²) in [5, 5.41) is 10.4. The van der Waals surface area contributed by atoms with Gasteiger partial charge in [-0.05, 0) is 53.3 Å². The summed E-state index contributed by atoms with van der Waals surface area (Å²) in [7, 11) is 0. The molecular weight excluding hydrogens is 407 g/mol. The zero-order valence-electron chi connectivity index (χ0n) is 17.5. The number of aliphatic hydroxyl groups is 1. The summed E-state index contributed by atoms with van der Waals surface area (Å²) in [5.41, 5.74) is 0. The van der Waals surface area contributed by atoms with Crippen LogP contribution in [0.15, 0.2) is 0 Å². The highest BCUT2D eigenvalue weighted by Gasteiger charge is 2.45. The van der Waals surface area contributed by atoms with Gasteiger partial charge in [-0.3, -0.25) is 4.52 Å². The largest absolute Gasteiger partial charge is 0.388 e. The Morgan fingerprint density at radius 1 is 1.07 bits per heavy atom. The molecule has 0 bridgehead atoms. The first-order chi connectivity index (χ1) is 13.0. The van der Waals surface area contributed by atoms with E-state index in [0.717, 1.165) is 6.42 Å². The smallest absolute Gasteiger partial charge is 0.325 e. The third-order valence-electron chi connectivity index (χ3n) is 4.66. The first-order valence-corrected chi connectivity index (χ1v) is 12.5. The Kier molecular flexibility index (Phi) is 9.29. The maximum atomic E-state index is 10.5. The van der Waals surface area contributed by atoms with E-state index in [1.54, 1.807) is 6.92 Å². The molecule has 2 fully saturated rings. The van der Waals surface area contributed by atoms with E-state index in [0.29, 0.717) is 0 Å². The highest BCUT2D eigenvalue weighted by atomic mass is 32.5. The standard InChI is InChI=1S/C18H35O8PS/c1-10(2)21-8-16-18(17(19)13(6)25-16)26-27(20,28)22-9-15-14(23-11(3)4)7-12(5)24-15/h10-19H,7-9H2,1-6H3,(H,20,28)/t12-,13-,14+,15+,16+,17?,18-,27?/m0/s1. The molecule has 2 heterocycles. The first kappa shape index (κ1) is 24.6. The first-order valence-electron chi connectivity index (χ1n) is 9.90. The van der Waals surface area contributed by atoms with Gasteiger partial charge in [-0.25, -0.2) is 0 Å². The molecule has 28 heavy (non-hydrogen) atoms. The molecule has 0 saturated carbocycles. The summed E-state index contributed by atoms with van der Waals surface area (Å²) in [5.74, 6) is 0. The van der Waals surface area contributed by atoms with Gasteiger partial charge in [0.15, 0.2) is 0 Å². The Bertz CT molecular complexity index is 534. The number of rotatable bonds is 10. The Labute approximate surface area is 173 Å². The van der Waals surface area contributed by atoms with Gasteiger partial charge in [0, 0.05) is 6.42 Å². The Morgan fingerprint density at radius 2 is 1.75 bits per heavy atom. The summed E-state index contributed by atoms with van der Waals surface area (Å²) in [6.07, 6.45) is -2.35. The lowest BCUT2D eigenvalue weighted by molar-refractivity contribution is -0.0670. The van der Waals surface area contributed by atoms with Crippen molar-refractivity contribution in [2.45, 2.75) is 103 Å². The molecule has 2 unspecified atom stereocenters. The van der Waals surface area contributed by atoms with Crippen LogP contribution in [-0.4, -0.2) is 78.1 Å². The van der Waals surface area contributed by atoms with E-state index in [2.05, 4.69) is 0 Å². The zero-order chi connectivity index (χ0) is 21.1. The lowest BCUT2D eigenvalue weighted by Crippen LogP contribution is -2.37. The molecule has 0 spiro atoms. The van der Waals surface area contributed by atoms with Crippen molar-refractivity contribution in [1.29, 1.82) is 0 Å². The molecule has 0 radical (unpaired) electrons. The van der Waals surface area contributed by atoms with Crippen LogP contribution in [0.2, 0.25) is 0 Å². The predicted molar refractivity (Wildman–Crippen MR) is 108 cm³/mol. The second-order valence-electron chi connectivity index (χ2n) is 8.03. The van der Waals surface area contributed by atoms with Crippen LogP contribution in [0, 0.1) is 0 Å². The molecule has 2 aliphatic rings. The molecule has 0 amide bonds. The molecule has 2 rings (SSSR count). The van der Waals surface area contributed by atoms with E-state index < -0.39 is 31.1 Å². The van der Waals surface area contributed by atoms with Gasteiger partial charge in [0.2, 0.25) is 0 Å². The van der Waals surface area contributed by atoms with E-state index >= 15 is 0 Å². The van der Waals surface area contributed by atoms with Gasteiger partial charge in [-0.15, -0.1) is 0 Å². The third-order valence-corrected chi connectivity index (χ3v) is 6.22.